The van der Waals surface area contributed by atoms with Crippen molar-refractivity contribution in [3.63, 3.8) is 0 Å². The normalized spacial score (nSPS) is 19.8. The molecule has 0 saturated carbocycles. The van der Waals surface area contributed by atoms with Gasteiger partial charge in [0, 0.05) is 18.9 Å². The van der Waals surface area contributed by atoms with Gasteiger partial charge >= 0.3 is 0 Å². The van der Waals surface area contributed by atoms with Crippen molar-refractivity contribution in [3.8, 4) is 0 Å². The molecule has 4 nitrogen and oxygen atoms in total. The molecule has 1 aromatic rings. The third kappa shape index (κ3) is 4.30. The van der Waals surface area contributed by atoms with E-state index in [4.69, 9.17) is 4.74 Å². The van der Waals surface area contributed by atoms with Crippen molar-refractivity contribution >= 4 is 11.3 Å². The van der Waals surface area contributed by atoms with Gasteiger partial charge < -0.3 is 10.1 Å². The maximum atomic E-state index is 5.39. The van der Waals surface area contributed by atoms with Crippen molar-refractivity contribution in [2.75, 3.05) is 26.3 Å². The summed E-state index contributed by atoms with van der Waals surface area (Å²) in [4.78, 5) is 0. The zero-order valence-electron chi connectivity index (χ0n) is 11.3. The van der Waals surface area contributed by atoms with Gasteiger partial charge in [-0.25, -0.2) is 0 Å². The first kappa shape index (κ1) is 13.9. The van der Waals surface area contributed by atoms with E-state index in [1.165, 1.54) is 5.01 Å². The third-order valence-electron chi connectivity index (χ3n) is 3.06. The molecule has 0 amide bonds. The fourth-order valence-electron chi connectivity index (χ4n) is 2.02. The van der Waals surface area contributed by atoms with Gasteiger partial charge in [0.2, 0.25) is 0 Å². The SMILES string of the molecule is CC(C)CNCCCc1nnc(C2CCOC2)s1. The second-order valence-corrected chi connectivity index (χ2v) is 6.39. The van der Waals surface area contributed by atoms with Crippen LogP contribution in [0.15, 0.2) is 0 Å². The van der Waals surface area contributed by atoms with E-state index in [1.807, 2.05) is 0 Å². The van der Waals surface area contributed by atoms with Crippen molar-refractivity contribution in [1.82, 2.24) is 15.5 Å². The van der Waals surface area contributed by atoms with Crippen LogP contribution in [0.2, 0.25) is 0 Å². The van der Waals surface area contributed by atoms with Gasteiger partial charge in [-0.1, -0.05) is 13.8 Å². The Morgan fingerprint density at radius 2 is 2.33 bits per heavy atom. The summed E-state index contributed by atoms with van der Waals surface area (Å²) >= 11 is 1.76. The predicted octanol–water partition coefficient (Wildman–Crippen LogP) is 2.22. The minimum Gasteiger partial charge on any atom is -0.381 e. The lowest BCUT2D eigenvalue weighted by molar-refractivity contribution is 0.194. The molecule has 1 fully saturated rings. The van der Waals surface area contributed by atoms with Crippen LogP contribution < -0.4 is 5.32 Å². The third-order valence-corrected chi connectivity index (χ3v) is 4.20. The molecule has 0 spiro atoms. The summed E-state index contributed by atoms with van der Waals surface area (Å²) in [6.07, 6.45) is 3.28. The molecule has 0 radical (unpaired) electrons. The van der Waals surface area contributed by atoms with Gasteiger partial charge in [-0.3, -0.25) is 0 Å². The molecule has 1 aromatic heterocycles. The number of nitrogens with zero attached hydrogens (tertiary/aromatic N) is 2. The number of aromatic nitrogens is 2. The number of nitrogens with one attached hydrogen (secondary N) is 1. The highest BCUT2D eigenvalue weighted by Gasteiger charge is 2.21. The number of hydrogen-bond acceptors (Lipinski definition) is 5. The second-order valence-electron chi connectivity index (χ2n) is 5.30. The number of aryl methyl sites for hydroxylation is 1. The first-order chi connectivity index (χ1) is 8.75. The summed E-state index contributed by atoms with van der Waals surface area (Å²) in [6, 6.07) is 0. The lowest BCUT2D eigenvalue weighted by Gasteiger charge is -2.05. The molecular weight excluding hydrogens is 246 g/mol. The van der Waals surface area contributed by atoms with Gasteiger partial charge in [0.25, 0.3) is 0 Å². The molecule has 1 aliphatic heterocycles. The molecule has 18 heavy (non-hydrogen) atoms. The Kier molecular flexibility index (Phi) is 5.53. The van der Waals surface area contributed by atoms with Crippen LogP contribution in [0.5, 0.6) is 0 Å². The zero-order valence-corrected chi connectivity index (χ0v) is 12.1. The van der Waals surface area contributed by atoms with E-state index in [0.717, 1.165) is 56.5 Å². The second kappa shape index (κ2) is 7.16. The minimum atomic E-state index is 0.496. The molecule has 0 bridgehead atoms. The van der Waals surface area contributed by atoms with E-state index < -0.39 is 0 Å². The first-order valence-corrected chi connectivity index (χ1v) is 7.68. The van der Waals surface area contributed by atoms with E-state index in [2.05, 4.69) is 29.4 Å². The fraction of sp³-hybridized carbons (Fsp3) is 0.846. The number of rotatable bonds is 7. The van der Waals surface area contributed by atoms with Gasteiger partial charge in [-0.05, 0) is 31.8 Å². The van der Waals surface area contributed by atoms with Crippen molar-refractivity contribution in [2.24, 2.45) is 5.92 Å². The number of hydrogen-bond donors (Lipinski definition) is 1. The summed E-state index contributed by atoms with van der Waals surface area (Å²) in [6.45, 7) is 8.32. The Balaban J connectivity index is 1.67. The van der Waals surface area contributed by atoms with Crippen molar-refractivity contribution in [3.05, 3.63) is 10.0 Å². The van der Waals surface area contributed by atoms with Crippen LogP contribution in [-0.4, -0.2) is 36.5 Å². The quantitative estimate of drug-likeness (QED) is 0.771. The highest BCUT2D eigenvalue weighted by molar-refractivity contribution is 7.11. The molecule has 1 saturated heterocycles. The van der Waals surface area contributed by atoms with Crippen LogP contribution in [0.25, 0.3) is 0 Å². The number of ether oxygens (including phenoxy) is 1. The van der Waals surface area contributed by atoms with E-state index >= 15 is 0 Å². The minimum absolute atomic E-state index is 0.496. The fourth-order valence-corrected chi connectivity index (χ4v) is 3.02. The highest BCUT2D eigenvalue weighted by atomic mass is 32.1. The van der Waals surface area contributed by atoms with Crippen LogP contribution in [0.4, 0.5) is 0 Å². The molecule has 1 atom stereocenters. The van der Waals surface area contributed by atoms with E-state index in [9.17, 15) is 0 Å². The standard InChI is InChI=1S/C13H23N3OS/c1-10(2)8-14-6-3-4-12-15-16-13(18-12)11-5-7-17-9-11/h10-11,14H,3-9H2,1-2H3. The van der Waals surface area contributed by atoms with Crippen molar-refractivity contribution in [1.29, 1.82) is 0 Å². The molecule has 102 valence electrons. The van der Waals surface area contributed by atoms with Crippen molar-refractivity contribution < 1.29 is 4.74 Å². The van der Waals surface area contributed by atoms with Crippen LogP contribution >= 0.6 is 11.3 Å². The monoisotopic (exact) mass is 269 g/mol. The maximum absolute atomic E-state index is 5.39. The van der Waals surface area contributed by atoms with Crippen molar-refractivity contribution in [2.45, 2.75) is 39.0 Å². The lowest BCUT2D eigenvalue weighted by atomic mass is 10.1. The molecule has 1 aliphatic rings. The summed E-state index contributed by atoms with van der Waals surface area (Å²) < 4.78 is 5.39. The van der Waals surface area contributed by atoms with Gasteiger partial charge in [0.1, 0.15) is 10.0 Å². The zero-order chi connectivity index (χ0) is 12.8. The van der Waals surface area contributed by atoms with Crippen LogP contribution in [0.3, 0.4) is 0 Å². The molecular formula is C13H23N3OS. The summed E-state index contributed by atoms with van der Waals surface area (Å²) in [5, 5.41) is 14.4. The van der Waals surface area contributed by atoms with E-state index in [-0.39, 0.29) is 0 Å². The average molecular weight is 269 g/mol. The van der Waals surface area contributed by atoms with E-state index in [0.29, 0.717) is 5.92 Å². The molecule has 5 heteroatoms. The Labute approximate surface area is 113 Å². The topological polar surface area (TPSA) is 47.0 Å². The molecule has 2 heterocycles. The molecule has 2 rings (SSSR count). The van der Waals surface area contributed by atoms with Gasteiger partial charge in [-0.2, -0.15) is 0 Å². The molecule has 0 aliphatic carbocycles. The Bertz CT molecular complexity index is 348. The summed E-state index contributed by atoms with van der Waals surface area (Å²) in [7, 11) is 0. The Morgan fingerprint density at radius 3 is 3.06 bits per heavy atom. The molecule has 1 N–H and O–H groups in total. The van der Waals surface area contributed by atoms with Gasteiger partial charge in [0.05, 0.1) is 6.61 Å². The van der Waals surface area contributed by atoms with Crippen LogP contribution in [0.1, 0.15) is 42.6 Å². The molecule has 0 aromatic carbocycles. The van der Waals surface area contributed by atoms with E-state index in [1.54, 1.807) is 11.3 Å². The van der Waals surface area contributed by atoms with Crippen LogP contribution in [-0.2, 0) is 11.2 Å². The maximum Gasteiger partial charge on any atom is 0.122 e. The first-order valence-electron chi connectivity index (χ1n) is 6.86. The summed E-state index contributed by atoms with van der Waals surface area (Å²) in [5.41, 5.74) is 0. The Morgan fingerprint density at radius 1 is 1.44 bits per heavy atom. The Hall–Kier alpha value is -0.520. The smallest absolute Gasteiger partial charge is 0.122 e. The van der Waals surface area contributed by atoms with Crippen LogP contribution in [0, 0.1) is 5.92 Å². The largest absolute Gasteiger partial charge is 0.381 e. The molecule has 1 unspecified atom stereocenters. The van der Waals surface area contributed by atoms with Gasteiger partial charge in [-0.15, -0.1) is 21.5 Å². The van der Waals surface area contributed by atoms with Gasteiger partial charge in [0.15, 0.2) is 0 Å². The predicted molar refractivity (Wildman–Crippen MR) is 74.1 cm³/mol. The lowest BCUT2D eigenvalue weighted by Crippen LogP contribution is -2.21. The average Bonchev–Trinajstić information content (AvgIpc) is 2.98. The summed E-state index contributed by atoms with van der Waals surface area (Å²) in [5.74, 6) is 1.22. The highest BCUT2D eigenvalue weighted by Crippen LogP contribution is 2.27.